The molecule has 1 atom stereocenters. The van der Waals surface area contributed by atoms with E-state index in [0.717, 1.165) is 0 Å². The summed E-state index contributed by atoms with van der Waals surface area (Å²) < 4.78 is 37.4. The third-order valence-corrected chi connectivity index (χ3v) is 3.54. The van der Waals surface area contributed by atoms with Crippen LogP contribution in [0.2, 0.25) is 0 Å². The van der Waals surface area contributed by atoms with Crippen LogP contribution in [-0.2, 0) is 0 Å². The molecule has 2 N–H and O–H groups in total. The standard InChI is InChI=1S/C13H17F3N2O2S/c1-8(2)10(5-7-19)18-11(20)9-4-3-6-17-12(9)21-13(14,15)16/h3-4,6,8,10,19H,5,7H2,1-2H3,(H,18,20). The fraction of sp³-hybridized carbons (Fsp3) is 0.538. The number of aromatic nitrogens is 1. The number of carbonyl (C=O) groups is 1. The summed E-state index contributed by atoms with van der Waals surface area (Å²) in [5, 5.41) is 11.2. The first-order chi connectivity index (χ1) is 9.74. The third-order valence-electron chi connectivity index (χ3n) is 2.79. The molecule has 0 radical (unpaired) electrons. The van der Waals surface area contributed by atoms with Crippen molar-refractivity contribution in [1.29, 1.82) is 0 Å². The van der Waals surface area contributed by atoms with E-state index in [1.165, 1.54) is 18.3 Å². The van der Waals surface area contributed by atoms with Crippen LogP contribution < -0.4 is 5.32 Å². The smallest absolute Gasteiger partial charge is 0.396 e. The van der Waals surface area contributed by atoms with E-state index >= 15 is 0 Å². The van der Waals surface area contributed by atoms with E-state index in [-0.39, 0.29) is 29.2 Å². The normalized spacial score (nSPS) is 13.3. The highest BCUT2D eigenvalue weighted by atomic mass is 32.2. The van der Waals surface area contributed by atoms with Crippen molar-refractivity contribution in [2.45, 2.75) is 36.8 Å². The first kappa shape index (κ1) is 17.8. The van der Waals surface area contributed by atoms with E-state index < -0.39 is 23.2 Å². The summed E-state index contributed by atoms with van der Waals surface area (Å²) in [4.78, 5) is 15.7. The Kier molecular flexibility index (Phi) is 6.47. The molecule has 1 heterocycles. The molecule has 0 aliphatic carbocycles. The quantitative estimate of drug-likeness (QED) is 0.791. The molecule has 0 aliphatic heterocycles. The fourth-order valence-electron chi connectivity index (χ4n) is 1.71. The molecular formula is C13H17F3N2O2S. The summed E-state index contributed by atoms with van der Waals surface area (Å²) in [5.41, 5.74) is -4.63. The minimum atomic E-state index is -4.51. The number of alkyl halides is 3. The third kappa shape index (κ3) is 5.92. The van der Waals surface area contributed by atoms with Crippen LogP contribution in [0.25, 0.3) is 0 Å². The number of aliphatic hydroxyl groups is 1. The van der Waals surface area contributed by atoms with Crippen LogP contribution in [-0.4, -0.2) is 34.2 Å². The number of halogens is 3. The van der Waals surface area contributed by atoms with Crippen LogP contribution >= 0.6 is 11.8 Å². The van der Waals surface area contributed by atoms with Gasteiger partial charge in [0.1, 0.15) is 5.03 Å². The van der Waals surface area contributed by atoms with Gasteiger partial charge in [0.25, 0.3) is 5.91 Å². The number of hydrogen-bond acceptors (Lipinski definition) is 4. The Morgan fingerprint density at radius 3 is 2.67 bits per heavy atom. The number of carbonyl (C=O) groups excluding carboxylic acids is 1. The first-order valence-corrected chi connectivity index (χ1v) is 7.18. The zero-order valence-corrected chi connectivity index (χ0v) is 12.5. The maximum absolute atomic E-state index is 12.5. The van der Waals surface area contributed by atoms with E-state index in [9.17, 15) is 18.0 Å². The molecule has 0 saturated carbocycles. The van der Waals surface area contributed by atoms with Gasteiger partial charge in [0.15, 0.2) is 0 Å². The molecule has 0 fully saturated rings. The molecular weight excluding hydrogens is 305 g/mol. The number of aliphatic hydroxyl groups excluding tert-OH is 1. The molecule has 0 spiro atoms. The predicted molar refractivity (Wildman–Crippen MR) is 73.9 cm³/mol. The molecule has 0 bridgehead atoms. The summed E-state index contributed by atoms with van der Waals surface area (Å²) in [7, 11) is 0. The van der Waals surface area contributed by atoms with E-state index in [4.69, 9.17) is 5.11 Å². The van der Waals surface area contributed by atoms with Gasteiger partial charge >= 0.3 is 5.51 Å². The summed E-state index contributed by atoms with van der Waals surface area (Å²) in [5.74, 6) is -0.571. The van der Waals surface area contributed by atoms with Gasteiger partial charge in [0.05, 0.1) is 5.56 Å². The SMILES string of the molecule is CC(C)C(CCO)NC(=O)c1cccnc1SC(F)(F)F. The van der Waals surface area contributed by atoms with Crippen molar-refractivity contribution in [1.82, 2.24) is 10.3 Å². The van der Waals surface area contributed by atoms with Gasteiger partial charge in [-0.15, -0.1) is 0 Å². The Bertz CT molecular complexity index is 481. The summed E-state index contributed by atoms with van der Waals surface area (Å²) in [6, 6.07) is 2.39. The Morgan fingerprint density at radius 2 is 2.14 bits per heavy atom. The van der Waals surface area contributed by atoms with Crippen LogP contribution in [0.15, 0.2) is 23.4 Å². The second kappa shape index (κ2) is 7.65. The highest BCUT2D eigenvalue weighted by molar-refractivity contribution is 8.00. The van der Waals surface area contributed by atoms with Crippen LogP contribution in [0.4, 0.5) is 13.2 Å². The molecule has 8 heteroatoms. The van der Waals surface area contributed by atoms with Crippen molar-refractivity contribution >= 4 is 17.7 Å². The number of amides is 1. The maximum atomic E-state index is 12.5. The molecule has 0 aromatic carbocycles. The zero-order valence-electron chi connectivity index (χ0n) is 11.6. The highest BCUT2D eigenvalue weighted by Crippen LogP contribution is 2.37. The van der Waals surface area contributed by atoms with Crippen molar-refractivity contribution < 1.29 is 23.1 Å². The van der Waals surface area contributed by atoms with Gasteiger partial charge < -0.3 is 10.4 Å². The number of hydrogen-bond donors (Lipinski definition) is 2. The second-order valence-corrected chi connectivity index (χ2v) is 5.79. The predicted octanol–water partition coefficient (Wildman–Crippen LogP) is 2.83. The number of pyridine rings is 1. The van der Waals surface area contributed by atoms with E-state index in [1.807, 2.05) is 13.8 Å². The van der Waals surface area contributed by atoms with Gasteiger partial charge in [0.2, 0.25) is 0 Å². The number of thioether (sulfide) groups is 1. The van der Waals surface area contributed by atoms with Gasteiger partial charge in [-0.25, -0.2) is 4.98 Å². The molecule has 1 unspecified atom stereocenters. The number of rotatable bonds is 6. The largest absolute Gasteiger partial charge is 0.447 e. The lowest BCUT2D eigenvalue weighted by Gasteiger charge is -2.22. The van der Waals surface area contributed by atoms with Gasteiger partial charge in [0, 0.05) is 30.6 Å². The topological polar surface area (TPSA) is 62.2 Å². The van der Waals surface area contributed by atoms with Crippen molar-refractivity contribution in [3.8, 4) is 0 Å². The molecule has 1 aromatic rings. The van der Waals surface area contributed by atoms with E-state index in [0.29, 0.717) is 6.42 Å². The minimum Gasteiger partial charge on any atom is -0.396 e. The first-order valence-electron chi connectivity index (χ1n) is 6.37. The molecule has 0 saturated heterocycles. The van der Waals surface area contributed by atoms with Crippen LogP contribution in [0.1, 0.15) is 30.6 Å². The zero-order chi connectivity index (χ0) is 16.0. The van der Waals surface area contributed by atoms with E-state index in [2.05, 4.69) is 10.3 Å². The lowest BCUT2D eigenvalue weighted by Crippen LogP contribution is -2.39. The van der Waals surface area contributed by atoms with Gasteiger partial charge in [-0.05, 0) is 24.5 Å². The monoisotopic (exact) mass is 322 g/mol. The van der Waals surface area contributed by atoms with Gasteiger partial charge in [-0.3, -0.25) is 4.79 Å². The van der Waals surface area contributed by atoms with Gasteiger partial charge in [-0.1, -0.05) is 13.8 Å². The van der Waals surface area contributed by atoms with Crippen LogP contribution in [0.5, 0.6) is 0 Å². The van der Waals surface area contributed by atoms with Gasteiger partial charge in [-0.2, -0.15) is 13.2 Å². The van der Waals surface area contributed by atoms with Crippen molar-refractivity contribution in [2.24, 2.45) is 5.92 Å². The molecule has 118 valence electrons. The lowest BCUT2D eigenvalue weighted by atomic mass is 10.0. The molecule has 1 aromatic heterocycles. The molecule has 1 amide bonds. The van der Waals surface area contributed by atoms with Crippen molar-refractivity contribution in [2.75, 3.05) is 6.61 Å². The second-order valence-electron chi connectivity index (χ2n) is 4.74. The number of nitrogens with zero attached hydrogens (tertiary/aromatic N) is 1. The molecule has 0 aliphatic rings. The average molecular weight is 322 g/mol. The summed E-state index contributed by atoms with van der Waals surface area (Å²) in [6.45, 7) is 3.60. The Balaban J connectivity index is 2.91. The summed E-state index contributed by atoms with van der Waals surface area (Å²) in [6.07, 6.45) is 1.55. The summed E-state index contributed by atoms with van der Waals surface area (Å²) >= 11 is -0.417. The minimum absolute atomic E-state index is 0.0523. The molecule has 4 nitrogen and oxygen atoms in total. The number of nitrogens with one attached hydrogen (secondary N) is 1. The Labute approximate surface area is 125 Å². The van der Waals surface area contributed by atoms with E-state index in [1.54, 1.807) is 0 Å². The molecule has 1 rings (SSSR count). The van der Waals surface area contributed by atoms with Crippen LogP contribution in [0, 0.1) is 5.92 Å². The van der Waals surface area contributed by atoms with Crippen molar-refractivity contribution in [3.63, 3.8) is 0 Å². The lowest BCUT2D eigenvalue weighted by molar-refractivity contribution is -0.0329. The Hall–Kier alpha value is -1.28. The molecule has 21 heavy (non-hydrogen) atoms. The maximum Gasteiger partial charge on any atom is 0.447 e. The van der Waals surface area contributed by atoms with Crippen molar-refractivity contribution in [3.05, 3.63) is 23.9 Å². The fourth-order valence-corrected chi connectivity index (χ4v) is 2.32. The average Bonchev–Trinajstić information content (AvgIpc) is 2.36. The highest BCUT2D eigenvalue weighted by Gasteiger charge is 2.32. The Morgan fingerprint density at radius 1 is 1.48 bits per heavy atom. The van der Waals surface area contributed by atoms with Crippen LogP contribution in [0.3, 0.4) is 0 Å².